The van der Waals surface area contributed by atoms with Crippen molar-refractivity contribution in [3.63, 3.8) is 0 Å². The molecule has 0 bridgehead atoms. The van der Waals surface area contributed by atoms with E-state index in [1.807, 2.05) is 30.3 Å². The van der Waals surface area contributed by atoms with Crippen molar-refractivity contribution in [2.75, 3.05) is 12.0 Å². The number of methoxy groups -OCH3 is 1. The number of aromatic nitrogens is 2. The molecule has 7 nitrogen and oxygen atoms in total. The average Bonchev–Trinajstić information content (AvgIpc) is 3.51. The first-order valence-electron chi connectivity index (χ1n) is 11.3. The van der Waals surface area contributed by atoms with Gasteiger partial charge in [0.2, 0.25) is 5.13 Å². The van der Waals surface area contributed by atoms with Gasteiger partial charge in [0.1, 0.15) is 11.5 Å². The van der Waals surface area contributed by atoms with Crippen LogP contribution in [0, 0.1) is 0 Å². The van der Waals surface area contributed by atoms with E-state index in [-0.39, 0.29) is 21.5 Å². The number of anilines is 1. The first kappa shape index (κ1) is 26.2. The van der Waals surface area contributed by atoms with Gasteiger partial charge in [0.25, 0.3) is 5.78 Å². The zero-order chi connectivity index (χ0) is 26.8. The predicted molar refractivity (Wildman–Crippen MR) is 150 cm³/mol. The van der Waals surface area contributed by atoms with E-state index in [0.717, 1.165) is 5.56 Å². The van der Waals surface area contributed by atoms with Crippen LogP contribution in [0.2, 0.25) is 10.0 Å². The molecule has 0 radical (unpaired) electrons. The molecule has 1 amide bonds. The van der Waals surface area contributed by atoms with Crippen molar-refractivity contribution >= 4 is 68.9 Å². The molecule has 1 aliphatic heterocycles. The van der Waals surface area contributed by atoms with Crippen LogP contribution in [-0.4, -0.2) is 34.1 Å². The van der Waals surface area contributed by atoms with E-state index < -0.39 is 17.7 Å². The summed E-state index contributed by atoms with van der Waals surface area (Å²) < 4.78 is 5.82. The minimum Gasteiger partial charge on any atom is -0.507 e. The van der Waals surface area contributed by atoms with E-state index in [0.29, 0.717) is 32.0 Å². The van der Waals surface area contributed by atoms with Crippen molar-refractivity contribution in [1.82, 2.24) is 10.2 Å². The lowest BCUT2D eigenvalue weighted by atomic mass is 9.95. The molecule has 1 atom stereocenters. The maximum Gasteiger partial charge on any atom is 0.301 e. The Morgan fingerprint density at radius 2 is 1.76 bits per heavy atom. The number of thioether (sulfide) groups is 1. The van der Waals surface area contributed by atoms with Gasteiger partial charge < -0.3 is 9.84 Å². The normalized spacial score (nSPS) is 16.7. The van der Waals surface area contributed by atoms with Crippen molar-refractivity contribution in [1.29, 1.82) is 0 Å². The van der Waals surface area contributed by atoms with E-state index in [1.165, 1.54) is 35.1 Å². The summed E-state index contributed by atoms with van der Waals surface area (Å²) in [7, 11) is 1.53. The molecule has 0 spiro atoms. The zero-order valence-corrected chi connectivity index (χ0v) is 22.9. The molecule has 4 aromatic rings. The molecule has 1 N–H and O–H groups in total. The van der Waals surface area contributed by atoms with Gasteiger partial charge in [-0.2, -0.15) is 0 Å². The molecular formula is C27H19Cl2N3O4S2. The van der Waals surface area contributed by atoms with E-state index in [9.17, 15) is 14.7 Å². The summed E-state index contributed by atoms with van der Waals surface area (Å²) in [6.07, 6.45) is 0. The van der Waals surface area contributed by atoms with Crippen LogP contribution >= 0.6 is 46.3 Å². The van der Waals surface area contributed by atoms with Crippen LogP contribution in [0.5, 0.6) is 5.75 Å². The largest absolute Gasteiger partial charge is 0.507 e. The fraction of sp³-hybridized carbons (Fsp3) is 0.111. The second kappa shape index (κ2) is 11.2. The van der Waals surface area contributed by atoms with Crippen LogP contribution in [0.4, 0.5) is 5.13 Å². The van der Waals surface area contributed by atoms with Crippen LogP contribution in [0.3, 0.4) is 0 Å². The number of rotatable bonds is 7. The molecule has 1 aliphatic rings. The zero-order valence-electron chi connectivity index (χ0n) is 19.8. The van der Waals surface area contributed by atoms with E-state index in [4.69, 9.17) is 27.9 Å². The number of ether oxygens (including phenoxy) is 1. The highest BCUT2D eigenvalue weighted by molar-refractivity contribution is 8.00. The van der Waals surface area contributed by atoms with Crippen molar-refractivity contribution in [3.05, 3.63) is 105 Å². The van der Waals surface area contributed by atoms with Gasteiger partial charge in [-0.25, -0.2) is 0 Å². The number of halogens is 2. The number of ketones is 1. The monoisotopic (exact) mass is 583 g/mol. The third kappa shape index (κ3) is 5.15. The number of hydrogen-bond acceptors (Lipinski definition) is 8. The molecular weight excluding hydrogens is 565 g/mol. The number of benzene rings is 3. The van der Waals surface area contributed by atoms with Crippen molar-refractivity contribution in [3.8, 4) is 5.75 Å². The van der Waals surface area contributed by atoms with Gasteiger partial charge in [0.15, 0.2) is 4.34 Å². The minimum atomic E-state index is -0.994. The summed E-state index contributed by atoms with van der Waals surface area (Å²) >= 11 is 15.1. The summed E-state index contributed by atoms with van der Waals surface area (Å²) in [5.74, 6) is -0.748. The number of nitrogens with zero attached hydrogens (tertiary/aromatic N) is 3. The van der Waals surface area contributed by atoms with Crippen LogP contribution in [0.1, 0.15) is 22.7 Å². The van der Waals surface area contributed by atoms with Gasteiger partial charge in [-0.05, 0) is 47.5 Å². The van der Waals surface area contributed by atoms with Crippen molar-refractivity contribution in [2.45, 2.75) is 16.1 Å². The van der Waals surface area contributed by atoms with Crippen LogP contribution < -0.4 is 9.64 Å². The molecule has 38 heavy (non-hydrogen) atoms. The lowest BCUT2D eigenvalue weighted by molar-refractivity contribution is -0.132. The second-order valence-corrected chi connectivity index (χ2v) is 11.2. The highest BCUT2D eigenvalue weighted by Crippen LogP contribution is 2.45. The summed E-state index contributed by atoms with van der Waals surface area (Å²) in [6.45, 7) is 0. The maximum atomic E-state index is 13.4. The number of aliphatic hydroxyl groups excluding tert-OH is 1. The first-order chi connectivity index (χ1) is 18.4. The molecule has 0 aliphatic carbocycles. The molecule has 11 heteroatoms. The van der Waals surface area contributed by atoms with Crippen LogP contribution in [0.25, 0.3) is 5.76 Å². The highest BCUT2D eigenvalue weighted by Gasteiger charge is 2.48. The Bertz CT molecular complexity index is 1540. The van der Waals surface area contributed by atoms with Crippen LogP contribution in [-0.2, 0) is 15.3 Å². The van der Waals surface area contributed by atoms with Gasteiger partial charge in [-0.3, -0.25) is 14.5 Å². The van der Waals surface area contributed by atoms with Crippen molar-refractivity contribution < 1.29 is 19.4 Å². The number of hydrogen-bond donors (Lipinski definition) is 1. The Morgan fingerprint density at radius 1 is 1.03 bits per heavy atom. The van der Waals surface area contributed by atoms with Crippen molar-refractivity contribution in [2.24, 2.45) is 0 Å². The quantitative estimate of drug-likeness (QED) is 0.0843. The molecule has 1 fully saturated rings. The molecule has 1 unspecified atom stereocenters. The molecule has 5 rings (SSSR count). The number of amides is 1. The molecule has 192 valence electrons. The van der Waals surface area contributed by atoms with E-state index in [2.05, 4.69) is 10.2 Å². The topological polar surface area (TPSA) is 92.6 Å². The lowest BCUT2D eigenvalue weighted by Crippen LogP contribution is -2.29. The maximum absolute atomic E-state index is 13.4. The summed E-state index contributed by atoms with van der Waals surface area (Å²) in [5, 5.41) is 20.5. The Kier molecular flexibility index (Phi) is 7.71. The van der Waals surface area contributed by atoms with Gasteiger partial charge in [-0.15, -0.1) is 10.2 Å². The number of carbonyl (C=O) groups excluding carboxylic acids is 2. The summed E-state index contributed by atoms with van der Waals surface area (Å²) in [4.78, 5) is 28.0. The van der Waals surface area contributed by atoms with Crippen LogP contribution in [0.15, 0.2) is 82.7 Å². The van der Waals surface area contributed by atoms with E-state index in [1.54, 1.807) is 42.5 Å². The standard InChI is InChI=1S/C27H19Cl2N3O4S2/c1-36-18-10-7-16(8-11-18)23(33)21-22(17-9-12-19(28)20(29)13-17)32(25(35)24(21)34)26-30-31-27(38-26)37-14-15-5-3-2-4-6-15/h2-13,22,33H,14H2,1H3/b23-21-. The lowest BCUT2D eigenvalue weighted by Gasteiger charge is -2.23. The van der Waals surface area contributed by atoms with Gasteiger partial charge in [-0.1, -0.05) is 82.7 Å². The SMILES string of the molecule is COc1ccc(/C(O)=C2/C(=O)C(=O)N(c3nnc(SCc4ccccc4)s3)C2c2ccc(Cl)c(Cl)c2)cc1. The number of aliphatic hydroxyl groups is 1. The van der Waals surface area contributed by atoms with Gasteiger partial charge >= 0.3 is 5.91 Å². The Hall–Kier alpha value is -3.37. The average molecular weight is 585 g/mol. The smallest absolute Gasteiger partial charge is 0.301 e. The van der Waals surface area contributed by atoms with Gasteiger partial charge in [0.05, 0.1) is 28.8 Å². The Morgan fingerprint density at radius 3 is 2.45 bits per heavy atom. The minimum absolute atomic E-state index is 0.0905. The van der Waals surface area contributed by atoms with Gasteiger partial charge in [0, 0.05) is 11.3 Å². The number of carbonyl (C=O) groups is 2. The molecule has 0 saturated carbocycles. The molecule has 3 aromatic carbocycles. The predicted octanol–water partition coefficient (Wildman–Crippen LogP) is 6.77. The highest BCUT2D eigenvalue weighted by atomic mass is 35.5. The Balaban J connectivity index is 1.56. The fourth-order valence-electron chi connectivity index (χ4n) is 4.01. The molecule has 1 aromatic heterocycles. The number of Topliss-reactive ketones (excluding diaryl/α,β-unsaturated/α-hetero) is 1. The summed E-state index contributed by atoms with van der Waals surface area (Å²) in [6, 6.07) is 20.2. The Labute approximate surface area is 236 Å². The molecule has 1 saturated heterocycles. The van der Waals surface area contributed by atoms with E-state index >= 15 is 0 Å². The molecule has 2 heterocycles. The third-order valence-electron chi connectivity index (χ3n) is 5.87. The fourth-order valence-corrected chi connectivity index (χ4v) is 6.14. The first-order valence-corrected chi connectivity index (χ1v) is 13.8. The second-order valence-electron chi connectivity index (χ2n) is 8.20. The third-order valence-corrected chi connectivity index (χ3v) is 8.74. The summed E-state index contributed by atoms with van der Waals surface area (Å²) in [5.41, 5.74) is 1.87.